The number of nitrogens with zero attached hydrogens (tertiary/aromatic N) is 2. The van der Waals surface area contributed by atoms with Gasteiger partial charge in [0.2, 0.25) is 0 Å². The predicted molar refractivity (Wildman–Crippen MR) is 68.8 cm³/mol. The van der Waals surface area contributed by atoms with Gasteiger partial charge < -0.3 is 5.32 Å². The molecule has 0 amide bonds. The molecule has 2 unspecified atom stereocenters. The van der Waals surface area contributed by atoms with Crippen molar-refractivity contribution in [3.05, 3.63) is 17.5 Å². The summed E-state index contributed by atoms with van der Waals surface area (Å²) in [6.07, 6.45) is 3.20. The highest BCUT2D eigenvalue weighted by Gasteiger charge is 2.18. The van der Waals surface area contributed by atoms with Crippen molar-refractivity contribution in [1.82, 2.24) is 15.1 Å². The maximum atomic E-state index is 4.69. The van der Waals surface area contributed by atoms with Crippen molar-refractivity contribution in [2.24, 2.45) is 0 Å². The van der Waals surface area contributed by atoms with Gasteiger partial charge in [-0.2, -0.15) is 5.10 Å². The van der Waals surface area contributed by atoms with Crippen molar-refractivity contribution >= 4 is 0 Å². The van der Waals surface area contributed by atoms with Crippen LogP contribution < -0.4 is 5.32 Å². The zero-order valence-corrected chi connectivity index (χ0v) is 11.2. The zero-order chi connectivity index (χ0) is 12.1. The summed E-state index contributed by atoms with van der Waals surface area (Å²) in [5.74, 6) is 0. The zero-order valence-electron chi connectivity index (χ0n) is 11.2. The second-order valence-corrected chi connectivity index (χ2v) is 4.32. The molecule has 16 heavy (non-hydrogen) atoms. The lowest BCUT2D eigenvalue weighted by Crippen LogP contribution is -2.34. The minimum absolute atomic E-state index is 0.422. The van der Waals surface area contributed by atoms with E-state index in [4.69, 9.17) is 5.10 Å². The van der Waals surface area contributed by atoms with Gasteiger partial charge in [-0.25, -0.2) is 0 Å². The Hall–Kier alpha value is -0.830. The second kappa shape index (κ2) is 6.04. The molecule has 0 aliphatic rings. The largest absolute Gasteiger partial charge is 0.315 e. The lowest BCUT2D eigenvalue weighted by atomic mass is 10.1. The topological polar surface area (TPSA) is 29.9 Å². The van der Waals surface area contributed by atoms with E-state index in [9.17, 15) is 0 Å². The summed E-state index contributed by atoms with van der Waals surface area (Å²) in [5, 5.41) is 8.06. The molecule has 2 atom stereocenters. The molecule has 0 saturated heterocycles. The summed E-state index contributed by atoms with van der Waals surface area (Å²) in [7, 11) is 2.03. The van der Waals surface area contributed by atoms with Crippen LogP contribution >= 0.6 is 0 Å². The average molecular weight is 223 g/mol. The molecular weight excluding hydrogens is 198 g/mol. The Balaban J connectivity index is 2.96. The van der Waals surface area contributed by atoms with Gasteiger partial charge in [0, 0.05) is 11.7 Å². The van der Waals surface area contributed by atoms with Crippen LogP contribution in [0.4, 0.5) is 0 Å². The predicted octanol–water partition coefficient (Wildman–Crippen LogP) is 2.57. The van der Waals surface area contributed by atoms with Crippen LogP contribution in [-0.2, 0) is 12.8 Å². The van der Waals surface area contributed by atoms with Crippen LogP contribution in [0.1, 0.15) is 51.5 Å². The van der Waals surface area contributed by atoms with Crippen LogP contribution in [0.25, 0.3) is 0 Å². The first kappa shape index (κ1) is 13.2. The summed E-state index contributed by atoms with van der Waals surface area (Å²) < 4.78 is 2.20. The van der Waals surface area contributed by atoms with Crippen LogP contribution in [0.5, 0.6) is 0 Å². The van der Waals surface area contributed by atoms with E-state index in [2.05, 4.69) is 43.8 Å². The molecule has 1 heterocycles. The second-order valence-electron chi connectivity index (χ2n) is 4.32. The number of aromatic nitrogens is 2. The van der Waals surface area contributed by atoms with E-state index in [1.54, 1.807) is 0 Å². The van der Waals surface area contributed by atoms with Gasteiger partial charge >= 0.3 is 0 Å². The number of aryl methyl sites for hydroxylation is 2. The number of hydrogen-bond acceptors (Lipinski definition) is 2. The average Bonchev–Trinajstić information content (AvgIpc) is 2.73. The van der Waals surface area contributed by atoms with Gasteiger partial charge in [0.25, 0.3) is 0 Å². The molecule has 0 aliphatic heterocycles. The SMILES string of the molecule is CCc1cc(CC)n(C(C)C(CC)NC)n1. The van der Waals surface area contributed by atoms with Gasteiger partial charge in [-0.3, -0.25) is 4.68 Å². The molecule has 0 saturated carbocycles. The van der Waals surface area contributed by atoms with E-state index in [-0.39, 0.29) is 0 Å². The molecule has 0 radical (unpaired) electrons. The van der Waals surface area contributed by atoms with Crippen LogP contribution in [0.3, 0.4) is 0 Å². The molecule has 1 aromatic heterocycles. The van der Waals surface area contributed by atoms with Crippen molar-refractivity contribution in [1.29, 1.82) is 0 Å². The normalized spacial score (nSPS) is 15.1. The number of rotatable bonds is 6. The Kier molecular flexibility index (Phi) is 5.00. The third-order valence-electron chi connectivity index (χ3n) is 3.37. The first-order chi connectivity index (χ1) is 7.67. The maximum Gasteiger partial charge on any atom is 0.0647 e. The Morgan fingerprint density at radius 1 is 1.31 bits per heavy atom. The Labute approximate surface area is 99.2 Å². The first-order valence-electron chi connectivity index (χ1n) is 6.42. The molecule has 92 valence electrons. The smallest absolute Gasteiger partial charge is 0.0647 e. The molecule has 0 aromatic carbocycles. The van der Waals surface area contributed by atoms with Crippen LogP contribution in [0.15, 0.2) is 6.07 Å². The van der Waals surface area contributed by atoms with E-state index in [0.717, 1.165) is 19.3 Å². The van der Waals surface area contributed by atoms with Gasteiger partial charge in [0.15, 0.2) is 0 Å². The monoisotopic (exact) mass is 223 g/mol. The Morgan fingerprint density at radius 3 is 2.44 bits per heavy atom. The van der Waals surface area contributed by atoms with Crippen molar-refractivity contribution in [3.63, 3.8) is 0 Å². The van der Waals surface area contributed by atoms with Crippen molar-refractivity contribution < 1.29 is 0 Å². The molecule has 0 aliphatic carbocycles. The summed E-state index contributed by atoms with van der Waals surface area (Å²) in [6, 6.07) is 3.15. The highest BCUT2D eigenvalue weighted by molar-refractivity contribution is 5.11. The third kappa shape index (κ3) is 2.64. The molecular formula is C13H25N3. The lowest BCUT2D eigenvalue weighted by molar-refractivity contribution is 0.347. The Bertz CT molecular complexity index is 313. The van der Waals surface area contributed by atoms with E-state index >= 15 is 0 Å². The fourth-order valence-corrected chi connectivity index (χ4v) is 2.24. The van der Waals surface area contributed by atoms with E-state index in [0.29, 0.717) is 12.1 Å². The molecule has 0 spiro atoms. The number of nitrogens with one attached hydrogen (secondary N) is 1. The first-order valence-corrected chi connectivity index (χ1v) is 6.42. The van der Waals surface area contributed by atoms with Gasteiger partial charge in [-0.15, -0.1) is 0 Å². The van der Waals surface area contributed by atoms with Crippen LogP contribution in [0.2, 0.25) is 0 Å². The lowest BCUT2D eigenvalue weighted by Gasteiger charge is -2.24. The molecule has 0 bridgehead atoms. The third-order valence-corrected chi connectivity index (χ3v) is 3.37. The molecule has 3 heteroatoms. The highest BCUT2D eigenvalue weighted by Crippen LogP contribution is 2.17. The van der Waals surface area contributed by atoms with Crippen molar-refractivity contribution in [3.8, 4) is 0 Å². The van der Waals surface area contributed by atoms with Gasteiger partial charge in [0.05, 0.1) is 11.7 Å². The summed E-state index contributed by atoms with van der Waals surface area (Å²) in [5.41, 5.74) is 2.55. The van der Waals surface area contributed by atoms with E-state index in [1.807, 2.05) is 7.05 Å². The summed E-state index contributed by atoms with van der Waals surface area (Å²) in [4.78, 5) is 0. The van der Waals surface area contributed by atoms with Gasteiger partial charge in [-0.05, 0) is 39.3 Å². The molecule has 1 N–H and O–H groups in total. The molecule has 1 rings (SSSR count). The number of hydrogen-bond donors (Lipinski definition) is 1. The van der Waals surface area contributed by atoms with Gasteiger partial charge in [-0.1, -0.05) is 20.8 Å². The van der Waals surface area contributed by atoms with Crippen LogP contribution in [-0.4, -0.2) is 22.9 Å². The highest BCUT2D eigenvalue weighted by atomic mass is 15.3. The fraction of sp³-hybridized carbons (Fsp3) is 0.769. The van der Waals surface area contributed by atoms with Crippen molar-refractivity contribution in [2.75, 3.05) is 7.05 Å². The van der Waals surface area contributed by atoms with E-state index in [1.165, 1.54) is 11.4 Å². The number of likely N-dealkylation sites (N-methyl/N-ethyl adjacent to an activating group) is 1. The quantitative estimate of drug-likeness (QED) is 0.803. The van der Waals surface area contributed by atoms with Crippen LogP contribution in [0, 0.1) is 0 Å². The minimum Gasteiger partial charge on any atom is -0.315 e. The summed E-state index contributed by atoms with van der Waals surface area (Å²) >= 11 is 0. The molecule has 1 aromatic rings. The molecule has 0 fully saturated rings. The standard InChI is InChI=1S/C13H25N3/c1-6-11-9-12(7-2)16(15-11)10(4)13(8-3)14-5/h9-10,13-14H,6-8H2,1-5H3. The van der Waals surface area contributed by atoms with Gasteiger partial charge in [0.1, 0.15) is 0 Å². The Morgan fingerprint density at radius 2 is 2.00 bits per heavy atom. The minimum atomic E-state index is 0.422. The van der Waals surface area contributed by atoms with E-state index < -0.39 is 0 Å². The maximum absolute atomic E-state index is 4.69. The summed E-state index contributed by atoms with van der Waals surface area (Å²) in [6.45, 7) is 8.82. The fourth-order valence-electron chi connectivity index (χ4n) is 2.24. The van der Waals surface area contributed by atoms with Crippen molar-refractivity contribution in [2.45, 2.75) is 59.0 Å². The molecule has 3 nitrogen and oxygen atoms in total.